The molecule has 0 saturated heterocycles. The number of hydrogen-bond donors (Lipinski definition) is 0. The average Bonchev–Trinajstić information content (AvgIpc) is 2.62. The van der Waals surface area contributed by atoms with Crippen molar-refractivity contribution in [1.82, 2.24) is 5.06 Å². The summed E-state index contributed by atoms with van der Waals surface area (Å²) in [6, 6.07) is 6.87. The van der Waals surface area contributed by atoms with Crippen LogP contribution in [0, 0.1) is 0 Å². The fourth-order valence-electron chi connectivity index (χ4n) is 2.54. The molecule has 1 aliphatic heterocycles. The number of carbonyl (C=O) groups is 2. The number of benzene rings is 2. The van der Waals surface area contributed by atoms with E-state index in [9.17, 15) is 31.2 Å². The Hall–Kier alpha value is -2.70. The molecule has 28 heavy (non-hydrogen) atoms. The molecule has 0 fully saturated rings. The minimum absolute atomic E-state index is 0.134. The number of ether oxygens (including phenoxy) is 2. The van der Waals surface area contributed by atoms with Crippen molar-refractivity contribution in [2.45, 2.75) is 12.4 Å². The van der Waals surface area contributed by atoms with Crippen molar-refractivity contribution in [3.63, 3.8) is 0 Å². The summed E-state index contributed by atoms with van der Waals surface area (Å²) < 4.78 is 74.5. The van der Waals surface area contributed by atoms with E-state index in [4.69, 9.17) is 9.47 Å². The maximum atomic E-state index is 12.6. The predicted octanol–water partition coefficient (Wildman–Crippen LogP) is 2.59. The van der Waals surface area contributed by atoms with Crippen LogP contribution in [0.5, 0.6) is 5.75 Å². The number of alkyl halides is 3. The highest BCUT2D eigenvalue weighted by atomic mass is 32.2. The summed E-state index contributed by atoms with van der Waals surface area (Å²) in [7, 11) is -6.23. The normalized spacial score (nSPS) is 14.6. The number of hydrogen-bond acceptors (Lipinski definition) is 7. The number of carbonyl (C=O) groups excluding carboxylic acids is 2. The van der Waals surface area contributed by atoms with Gasteiger partial charge in [0.05, 0.1) is 11.1 Å². The van der Waals surface area contributed by atoms with Crippen LogP contribution in [0.4, 0.5) is 13.2 Å². The summed E-state index contributed by atoms with van der Waals surface area (Å²) in [6.45, 7) is 1.93. The second kappa shape index (κ2) is 7.04. The van der Waals surface area contributed by atoms with Gasteiger partial charge in [0.2, 0.25) is 0 Å². The van der Waals surface area contributed by atoms with Crippen LogP contribution in [-0.2, 0) is 19.1 Å². The molecule has 8 nitrogen and oxygen atoms in total. The van der Waals surface area contributed by atoms with Gasteiger partial charge in [-0.05, 0) is 30.5 Å². The monoisotopic (exact) mass is 419 g/mol. The van der Waals surface area contributed by atoms with E-state index in [2.05, 4.69) is 4.28 Å². The van der Waals surface area contributed by atoms with Gasteiger partial charge < -0.3 is 9.47 Å². The Morgan fingerprint density at radius 3 is 2.39 bits per heavy atom. The highest BCUT2D eigenvalue weighted by Gasteiger charge is 2.51. The van der Waals surface area contributed by atoms with Crippen molar-refractivity contribution >= 4 is 32.7 Å². The van der Waals surface area contributed by atoms with Gasteiger partial charge in [-0.1, -0.05) is 12.1 Å². The van der Waals surface area contributed by atoms with E-state index in [0.29, 0.717) is 12.0 Å². The Morgan fingerprint density at radius 2 is 1.75 bits per heavy atom. The second-order valence-corrected chi connectivity index (χ2v) is 7.03. The molecule has 3 rings (SSSR count). The van der Waals surface area contributed by atoms with Crippen LogP contribution in [0.3, 0.4) is 0 Å². The number of rotatable bonds is 6. The van der Waals surface area contributed by atoms with Crippen molar-refractivity contribution in [3.05, 3.63) is 41.5 Å². The molecule has 0 atom stereocenters. The molecule has 2 aromatic carbocycles. The number of amides is 2. The molecule has 0 radical (unpaired) electrons. The quantitative estimate of drug-likeness (QED) is 0.307. The van der Waals surface area contributed by atoms with Crippen molar-refractivity contribution in [3.8, 4) is 5.75 Å². The lowest BCUT2D eigenvalue weighted by Crippen LogP contribution is -2.44. The molecular weight excluding hydrogens is 407 g/mol. The molecule has 12 heteroatoms. The second-order valence-electron chi connectivity index (χ2n) is 5.51. The Kier molecular flexibility index (Phi) is 5.04. The molecule has 2 aromatic rings. The molecule has 0 N–H and O–H groups in total. The molecule has 2 amide bonds. The predicted molar refractivity (Wildman–Crippen MR) is 87.6 cm³/mol. The summed E-state index contributed by atoms with van der Waals surface area (Å²) in [6.07, 6.45) is 0. The van der Waals surface area contributed by atoms with E-state index in [1.54, 1.807) is 13.0 Å². The molecule has 0 bridgehead atoms. The Labute approximate surface area is 156 Å². The van der Waals surface area contributed by atoms with Gasteiger partial charge in [0.15, 0.2) is 6.79 Å². The molecule has 150 valence electrons. The number of halogens is 3. The first kappa shape index (κ1) is 20.0. The van der Waals surface area contributed by atoms with Crippen molar-refractivity contribution in [1.29, 1.82) is 0 Å². The number of hydroxylamine groups is 2. The highest BCUT2D eigenvalue weighted by molar-refractivity contribution is 7.87. The lowest BCUT2D eigenvalue weighted by molar-refractivity contribution is -0.0761. The fourth-order valence-corrected chi connectivity index (χ4v) is 2.96. The molecular formula is C16H12F3NO7S. The van der Waals surface area contributed by atoms with Gasteiger partial charge in [0.1, 0.15) is 5.75 Å². The van der Waals surface area contributed by atoms with Gasteiger partial charge in [0.25, 0.3) is 11.8 Å². The van der Waals surface area contributed by atoms with Gasteiger partial charge in [-0.25, -0.2) is 0 Å². The van der Waals surface area contributed by atoms with E-state index in [-0.39, 0.29) is 29.1 Å². The van der Waals surface area contributed by atoms with E-state index in [0.717, 1.165) is 6.07 Å². The van der Waals surface area contributed by atoms with Gasteiger partial charge in [0, 0.05) is 12.0 Å². The molecule has 1 aliphatic rings. The third kappa shape index (κ3) is 3.41. The third-order valence-electron chi connectivity index (χ3n) is 3.75. The van der Waals surface area contributed by atoms with Gasteiger partial charge in [-0.2, -0.15) is 21.6 Å². The van der Waals surface area contributed by atoms with Gasteiger partial charge >= 0.3 is 15.6 Å². The minimum Gasteiger partial charge on any atom is -0.468 e. The maximum Gasteiger partial charge on any atom is 0.525 e. The van der Waals surface area contributed by atoms with E-state index < -0.39 is 32.5 Å². The standard InChI is InChI=1S/C16H12F3NO7S/c1-2-25-8-26-10-6-9-4-3-5-11-13(9)12(7-10)15(22)20(14(11)21)27-28(23,24)16(17,18)19/h3-7H,2,8H2,1H3. The molecule has 0 aliphatic carbocycles. The summed E-state index contributed by atoms with van der Waals surface area (Å²) in [4.78, 5) is 25.0. The molecule has 1 heterocycles. The first-order chi connectivity index (χ1) is 13.1. The summed E-state index contributed by atoms with van der Waals surface area (Å²) in [5.41, 5.74) is -6.26. The highest BCUT2D eigenvalue weighted by Crippen LogP contribution is 2.35. The lowest BCUT2D eigenvalue weighted by atomic mass is 9.95. The van der Waals surface area contributed by atoms with Crippen molar-refractivity contribution < 1.29 is 44.9 Å². The van der Waals surface area contributed by atoms with Gasteiger partial charge in [-0.3, -0.25) is 9.59 Å². The van der Waals surface area contributed by atoms with Crippen molar-refractivity contribution in [2.24, 2.45) is 0 Å². The molecule has 0 spiro atoms. The van der Waals surface area contributed by atoms with Gasteiger partial charge in [-0.15, -0.1) is 9.35 Å². The summed E-state index contributed by atoms with van der Waals surface area (Å²) >= 11 is 0. The van der Waals surface area contributed by atoms with Crippen LogP contribution >= 0.6 is 0 Å². The number of imide groups is 1. The van der Waals surface area contributed by atoms with Crippen LogP contribution < -0.4 is 4.74 Å². The summed E-state index contributed by atoms with van der Waals surface area (Å²) in [5, 5.41) is 0.110. The fraction of sp³-hybridized carbons (Fsp3) is 0.250. The average molecular weight is 419 g/mol. The molecule has 0 saturated carbocycles. The van der Waals surface area contributed by atoms with Crippen LogP contribution in [0.25, 0.3) is 10.8 Å². The molecule has 0 aromatic heterocycles. The number of nitrogens with zero attached hydrogens (tertiary/aromatic N) is 1. The maximum absolute atomic E-state index is 12.6. The zero-order valence-electron chi connectivity index (χ0n) is 14.1. The Bertz CT molecular complexity index is 1070. The van der Waals surface area contributed by atoms with E-state index in [1.165, 1.54) is 18.2 Å². The SMILES string of the molecule is CCOCOc1cc2c3c(cccc3c1)C(=O)N(OS(=O)(=O)C(F)(F)F)C2=O. The smallest absolute Gasteiger partial charge is 0.468 e. The van der Waals surface area contributed by atoms with E-state index >= 15 is 0 Å². The van der Waals surface area contributed by atoms with Crippen molar-refractivity contribution in [2.75, 3.05) is 13.4 Å². The lowest BCUT2D eigenvalue weighted by Gasteiger charge is -2.26. The third-order valence-corrected chi connectivity index (χ3v) is 4.66. The zero-order chi connectivity index (χ0) is 20.7. The first-order valence-corrected chi connectivity index (χ1v) is 9.14. The topological polar surface area (TPSA) is 99.2 Å². The largest absolute Gasteiger partial charge is 0.525 e. The first-order valence-electron chi connectivity index (χ1n) is 7.74. The van der Waals surface area contributed by atoms with E-state index in [1.807, 2.05) is 0 Å². The minimum atomic E-state index is -6.23. The summed E-state index contributed by atoms with van der Waals surface area (Å²) in [5.74, 6) is -2.57. The molecule has 0 unspecified atom stereocenters. The van der Waals surface area contributed by atoms with Crippen LogP contribution in [-0.4, -0.2) is 44.2 Å². The van der Waals surface area contributed by atoms with Crippen LogP contribution in [0.1, 0.15) is 27.6 Å². The Morgan fingerprint density at radius 1 is 1.07 bits per heavy atom. The zero-order valence-corrected chi connectivity index (χ0v) is 15.0. The Balaban J connectivity index is 2.08. The van der Waals surface area contributed by atoms with Crippen LogP contribution in [0.2, 0.25) is 0 Å². The van der Waals surface area contributed by atoms with Crippen LogP contribution in [0.15, 0.2) is 30.3 Å².